The van der Waals surface area contributed by atoms with Gasteiger partial charge in [-0.2, -0.15) is 0 Å². The SMILES string of the molecule is CCOC(=O)CCCCP(Br)(c1ccccc1)(c1ccccc1)c1ccccc1. The molecule has 0 saturated carbocycles. The second kappa shape index (κ2) is 9.69. The molecule has 0 heterocycles. The van der Waals surface area contributed by atoms with Crippen LogP contribution in [-0.2, 0) is 9.53 Å². The van der Waals surface area contributed by atoms with Crippen molar-refractivity contribution in [3.8, 4) is 0 Å². The first-order valence-electron chi connectivity index (χ1n) is 10.1. The standard InChI is InChI=1S/C25H28BrO2P/c1-2-28-25(27)20-12-13-21-29(26,22-14-6-3-7-15-22,23-16-8-4-9-17-23)24-18-10-5-11-19-24/h3-11,14-19H,2,12-13,20-21H2,1H3. The molecule has 0 saturated heterocycles. The Hall–Kier alpha value is -1.96. The average Bonchev–Trinajstić information content (AvgIpc) is 2.79. The number of carbonyl (C=O) groups excluding carboxylic acids is 1. The van der Waals surface area contributed by atoms with E-state index in [4.69, 9.17) is 4.74 Å². The van der Waals surface area contributed by atoms with Gasteiger partial charge in [0.25, 0.3) is 0 Å². The van der Waals surface area contributed by atoms with E-state index in [2.05, 4.69) is 106 Å². The van der Waals surface area contributed by atoms with Gasteiger partial charge in [-0.3, -0.25) is 0 Å². The van der Waals surface area contributed by atoms with Crippen molar-refractivity contribution < 1.29 is 9.53 Å². The summed E-state index contributed by atoms with van der Waals surface area (Å²) in [5.74, 6) is -0.110. The third kappa shape index (κ3) is 4.47. The van der Waals surface area contributed by atoms with Crippen LogP contribution in [0, 0.1) is 0 Å². The summed E-state index contributed by atoms with van der Waals surface area (Å²) in [6.07, 6.45) is 3.16. The molecule has 0 aliphatic heterocycles. The third-order valence-electron chi connectivity index (χ3n) is 5.40. The summed E-state index contributed by atoms with van der Waals surface area (Å²) >= 11 is 4.43. The van der Waals surface area contributed by atoms with Crippen LogP contribution < -0.4 is 15.9 Å². The monoisotopic (exact) mass is 470 g/mol. The average molecular weight is 471 g/mol. The minimum absolute atomic E-state index is 0.110. The second-order valence-electron chi connectivity index (χ2n) is 7.18. The Bertz CT molecular complexity index is 814. The van der Waals surface area contributed by atoms with Crippen LogP contribution in [0.25, 0.3) is 0 Å². The number of hydrogen-bond donors (Lipinski definition) is 0. The molecule has 3 aromatic carbocycles. The Morgan fingerprint density at radius 1 is 0.759 bits per heavy atom. The van der Waals surface area contributed by atoms with Gasteiger partial charge in [-0.25, -0.2) is 0 Å². The van der Waals surface area contributed by atoms with Gasteiger partial charge in [0, 0.05) is 0 Å². The van der Waals surface area contributed by atoms with Crippen molar-refractivity contribution in [3.05, 3.63) is 91.0 Å². The molecule has 4 heteroatoms. The number of ether oxygens (including phenoxy) is 1. The predicted molar refractivity (Wildman–Crippen MR) is 129 cm³/mol. The van der Waals surface area contributed by atoms with Crippen LogP contribution in [0.15, 0.2) is 91.0 Å². The van der Waals surface area contributed by atoms with Crippen LogP contribution in [0.2, 0.25) is 0 Å². The summed E-state index contributed by atoms with van der Waals surface area (Å²) in [6.45, 7) is 2.29. The summed E-state index contributed by atoms with van der Waals surface area (Å²) < 4.78 is 5.11. The molecule has 0 spiro atoms. The fourth-order valence-electron chi connectivity index (χ4n) is 3.96. The zero-order valence-corrected chi connectivity index (χ0v) is 19.3. The van der Waals surface area contributed by atoms with Crippen LogP contribution in [0.4, 0.5) is 0 Å². The van der Waals surface area contributed by atoms with Crippen LogP contribution in [0.3, 0.4) is 0 Å². The van der Waals surface area contributed by atoms with E-state index in [1.165, 1.54) is 15.9 Å². The van der Waals surface area contributed by atoms with E-state index in [9.17, 15) is 4.79 Å². The molecule has 0 aliphatic rings. The van der Waals surface area contributed by atoms with Crippen molar-refractivity contribution in [2.45, 2.75) is 26.2 Å². The molecule has 0 aliphatic carbocycles. The van der Waals surface area contributed by atoms with E-state index >= 15 is 0 Å². The first kappa shape index (κ1) is 21.7. The number of rotatable bonds is 9. The number of unbranched alkanes of at least 4 members (excludes halogenated alkanes) is 1. The maximum absolute atomic E-state index is 11.8. The Morgan fingerprint density at radius 2 is 1.17 bits per heavy atom. The molecule has 2 nitrogen and oxygen atoms in total. The Morgan fingerprint density at radius 3 is 1.55 bits per heavy atom. The van der Waals surface area contributed by atoms with Crippen molar-refractivity contribution in [2.75, 3.05) is 12.8 Å². The predicted octanol–water partition coefficient (Wildman–Crippen LogP) is 5.56. The van der Waals surface area contributed by atoms with E-state index in [0.717, 1.165) is 19.0 Å². The summed E-state index contributed by atoms with van der Waals surface area (Å²) in [5, 5.41) is 1.07. The van der Waals surface area contributed by atoms with E-state index in [1.54, 1.807) is 0 Å². The van der Waals surface area contributed by atoms with Crippen molar-refractivity contribution >= 4 is 42.7 Å². The van der Waals surface area contributed by atoms with Gasteiger partial charge in [0.1, 0.15) is 0 Å². The molecule has 3 rings (SSSR count). The van der Waals surface area contributed by atoms with Crippen LogP contribution in [0.1, 0.15) is 26.2 Å². The van der Waals surface area contributed by atoms with E-state index in [-0.39, 0.29) is 5.97 Å². The van der Waals surface area contributed by atoms with E-state index in [0.29, 0.717) is 13.0 Å². The van der Waals surface area contributed by atoms with E-state index in [1.807, 2.05) is 6.92 Å². The normalized spacial score (nSPS) is 12.7. The van der Waals surface area contributed by atoms with Crippen LogP contribution >= 0.6 is 20.8 Å². The number of hydrogen-bond acceptors (Lipinski definition) is 2. The summed E-state index contributed by atoms with van der Waals surface area (Å²) in [4.78, 5) is 11.8. The fraction of sp³-hybridized carbons (Fsp3) is 0.240. The van der Waals surface area contributed by atoms with Gasteiger partial charge in [-0.05, 0) is 0 Å². The van der Waals surface area contributed by atoms with E-state index < -0.39 is 5.31 Å². The molecule has 0 amide bonds. The van der Waals surface area contributed by atoms with Gasteiger partial charge < -0.3 is 0 Å². The van der Waals surface area contributed by atoms with Crippen molar-refractivity contribution in [2.24, 2.45) is 0 Å². The summed E-state index contributed by atoms with van der Waals surface area (Å²) in [7, 11) is 0. The summed E-state index contributed by atoms with van der Waals surface area (Å²) in [6, 6.07) is 32.3. The van der Waals surface area contributed by atoms with Gasteiger partial charge >= 0.3 is 182 Å². The Kier molecular flexibility index (Phi) is 7.27. The quantitative estimate of drug-likeness (QED) is 0.232. The number of carbonyl (C=O) groups is 1. The van der Waals surface area contributed by atoms with Crippen LogP contribution in [-0.4, -0.2) is 18.7 Å². The third-order valence-corrected chi connectivity index (χ3v) is 15.4. The molecule has 0 fully saturated rings. The second-order valence-corrected chi connectivity index (χ2v) is 16.2. The molecule has 0 aromatic heterocycles. The van der Waals surface area contributed by atoms with Crippen molar-refractivity contribution in [3.63, 3.8) is 0 Å². The molecule has 0 radical (unpaired) electrons. The molecule has 0 unspecified atom stereocenters. The minimum atomic E-state index is -2.87. The topological polar surface area (TPSA) is 26.3 Å². The van der Waals surface area contributed by atoms with Crippen LogP contribution in [0.5, 0.6) is 0 Å². The summed E-state index contributed by atoms with van der Waals surface area (Å²) in [5.41, 5.74) is 0. The molecule has 29 heavy (non-hydrogen) atoms. The zero-order chi connectivity index (χ0) is 20.6. The Labute approximate surface area is 182 Å². The first-order valence-corrected chi connectivity index (χ1v) is 14.6. The van der Waals surface area contributed by atoms with Crippen molar-refractivity contribution in [1.29, 1.82) is 0 Å². The van der Waals surface area contributed by atoms with Gasteiger partial charge in [0.15, 0.2) is 0 Å². The Balaban J connectivity index is 2.08. The molecular weight excluding hydrogens is 443 g/mol. The first-order chi connectivity index (χ1) is 14.1. The fourth-order valence-corrected chi connectivity index (χ4v) is 11.7. The molecule has 0 bridgehead atoms. The molecule has 0 N–H and O–H groups in total. The number of esters is 1. The molecule has 3 aromatic rings. The van der Waals surface area contributed by atoms with Gasteiger partial charge in [0.2, 0.25) is 0 Å². The molecule has 152 valence electrons. The van der Waals surface area contributed by atoms with Gasteiger partial charge in [0.05, 0.1) is 0 Å². The molecular formula is C25H28BrO2P. The van der Waals surface area contributed by atoms with Gasteiger partial charge in [-0.15, -0.1) is 0 Å². The van der Waals surface area contributed by atoms with Crippen molar-refractivity contribution in [1.82, 2.24) is 0 Å². The number of benzene rings is 3. The zero-order valence-electron chi connectivity index (χ0n) is 16.8. The maximum atomic E-state index is 11.8. The van der Waals surface area contributed by atoms with Gasteiger partial charge in [-0.1, -0.05) is 0 Å². The number of halogens is 1. The molecule has 0 atom stereocenters.